The van der Waals surface area contributed by atoms with Gasteiger partial charge in [0.05, 0.1) is 12.2 Å². The van der Waals surface area contributed by atoms with Gasteiger partial charge in [0.2, 0.25) is 11.5 Å². The molecule has 0 fully saturated rings. The van der Waals surface area contributed by atoms with Gasteiger partial charge in [0.1, 0.15) is 5.82 Å². The summed E-state index contributed by atoms with van der Waals surface area (Å²) in [5.74, 6) is 2.44. The fourth-order valence-corrected chi connectivity index (χ4v) is 2.77. The Hall–Kier alpha value is -3.37. The number of nitrogens with one attached hydrogen (secondary N) is 4. The van der Waals surface area contributed by atoms with E-state index in [0.717, 1.165) is 23.5 Å². The minimum Gasteiger partial charge on any atom is -0.359 e. The van der Waals surface area contributed by atoms with Gasteiger partial charge in [0.15, 0.2) is 11.6 Å². The van der Waals surface area contributed by atoms with E-state index in [2.05, 4.69) is 40.9 Å². The van der Waals surface area contributed by atoms with Crippen LogP contribution in [0.15, 0.2) is 51.9 Å². The summed E-state index contributed by atoms with van der Waals surface area (Å²) < 4.78 is 5.16. The Morgan fingerprint density at radius 2 is 1.90 bits per heavy atom. The van der Waals surface area contributed by atoms with Crippen molar-refractivity contribution in [3.05, 3.63) is 75.8 Å². The van der Waals surface area contributed by atoms with Crippen LogP contribution >= 0.6 is 24.8 Å². The lowest BCUT2D eigenvalue weighted by Crippen LogP contribution is -2.07. The SMILES string of the molecule is Cc1cc(CNc2nccc(Nc3cc(CCc4cccc(=O)[nH]4)[nH]n3)n2)on1.Cl.Cl. The molecule has 12 heteroatoms. The van der Waals surface area contributed by atoms with Gasteiger partial charge in [-0.2, -0.15) is 10.1 Å². The molecule has 0 amide bonds. The summed E-state index contributed by atoms with van der Waals surface area (Å²) >= 11 is 0. The van der Waals surface area contributed by atoms with Crippen LogP contribution in [0.5, 0.6) is 0 Å². The van der Waals surface area contributed by atoms with Gasteiger partial charge in [-0.15, -0.1) is 24.8 Å². The van der Waals surface area contributed by atoms with E-state index in [1.165, 1.54) is 6.07 Å². The van der Waals surface area contributed by atoms with Crippen molar-refractivity contribution < 1.29 is 4.52 Å². The lowest BCUT2D eigenvalue weighted by atomic mass is 10.2. The molecule has 4 heterocycles. The molecule has 164 valence electrons. The number of halogens is 2. The highest BCUT2D eigenvalue weighted by Crippen LogP contribution is 2.15. The highest BCUT2D eigenvalue weighted by Gasteiger charge is 2.06. The van der Waals surface area contributed by atoms with Crippen molar-refractivity contribution in [3.63, 3.8) is 0 Å². The molecule has 31 heavy (non-hydrogen) atoms. The van der Waals surface area contributed by atoms with Gasteiger partial charge in [0.25, 0.3) is 0 Å². The molecule has 0 saturated carbocycles. The fraction of sp³-hybridized carbons (Fsp3) is 0.211. The normalized spacial score (nSPS) is 10.1. The smallest absolute Gasteiger partial charge is 0.248 e. The van der Waals surface area contributed by atoms with Crippen LogP contribution in [0.25, 0.3) is 0 Å². The number of nitrogens with zero attached hydrogens (tertiary/aromatic N) is 4. The maximum atomic E-state index is 11.4. The second-order valence-electron chi connectivity index (χ2n) is 6.50. The molecule has 0 atom stereocenters. The summed E-state index contributed by atoms with van der Waals surface area (Å²) in [5.41, 5.74) is 2.56. The van der Waals surface area contributed by atoms with Crippen molar-refractivity contribution in [1.29, 1.82) is 0 Å². The largest absolute Gasteiger partial charge is 0.359 e. The first-order valence-corrected chi connectivity index (χ1v) is 9.13. The average molecular weight is 465 g/mol. The summed E-state index contributed by atoms with van der Waals surface area (Å²) in [6.07, 6.45) is 3.09. The van der Waals surface area contributed by atoms with E-state index in [4.69, 9.17) is 4.52 Å². The Morgan fingerprint density at radius 3 is 2.68 bits per heavy atom. The number of H-pyrrole nitrogens is 2. The highest BCUT2D eigenvalue weighted by atomic mass is 35.5. The molecule has 0 aromatic carbocycles. The van der Waals surface area contributed by atoms with Crippen LogP contribution in [-0.4, -0.2) is 30.3 Å². The van der Waals surface area contributed by atoms with E-state index in [9.17, 15) is 4.79 Å². The average Bonchev–Trinajstić information content (AvgIpc) is 3.34. The van der Waals surface area contributed by atoms with Gasteiger partial charge in [-0.1, -0.05) is 11.2 Å². The number of anilines is 3. The van der Waals surface area contributed by atoms with Crippen LogP contribution in [0.3, 0.4) is 0 Å². The van der Waals surface area contributed by atoms with Crippen molar-refractivity contribution in [2.24, 2.45) is 0 Å². The van der Waals surface area contributed by atoms with E-state index >= 15 is 0 Å². The zero-order chi connectivity index (χ0) is 20.1. The molecule has 0 aliphatic carbocycles. The van der Waals surface area contributed by atoms with Crippen molar-refractivity contribution in [2.45, 2.75) is 26.3 Å². The third kappa shape index (κ3) is 6.83. The first kappa shape index (κ1) is 23.9. The number of rotatable bonds is 8. The highest BCUT2D eigenvalue weighted by molar-refractivity contribution is 5.85. The molecule has 4 aromatic heterocycles. The molecule has 4 rings (SSSR count). The first-order valence-electron chi connectivity index (χ1n) is 9.13. The van der Waals surface area contributed by atoms with Gasteiger partial charge < -0.3 is 20.1 Å². The fourth-order valence-electron chi connectivity index (χ4n) is 2.77. The summed E-state index contributed by atoms with van der Waals surface area (Å²) in [6.45, 7) is 2.31. The number of hydrogen-bond acceptors (Lipinski definition) is 8. The number of pyridine rings is 1. The van der Waals surface area contributed by atoms with Crippen molar-refractivity contribution in [1.82, 2.24) is 30.3 Å². The molecule has 0 aliphatic heterocycles. The van der Waals surface area contributed by atoms with Gasteiger partial charge in [-0.25, -0.2) is 4.98 Å². The molecular formula is C19H22Cl2N8O2. The maximum absolute atomic E-state index is 11.4. The van der Waals surface area contributed by atoms with Crippen molar-refractivity contribution in [3.8, 4) is 0 Å². The second kappa shape index (κ2) is 11.1. The lowest BCUT2D eigenvalue weighted by molar-refractivity contribution is 0.384. The molecule has 0 unspecified atom stereocenters. The monoisotopic (exact) mass is 464 g/mol. The number of aromatic amines is 2. The van der Waals surface area contributed by atoms with E-state index in [0.29, 0.717) is 36.3 Å². The van der Waals surface area contributed by atoms with Crippen LogP contribution in [0.4, 0.5) is 17.6 Å². The zero-order valence-electron chi connectivity index (χ0n) is 16.6. The molecular weight excluding hydrogens is 443 g/mol. The van der Waals surface area contributed by atoms with E-state index in [1.807, 2.05) is 25.1 Å². The molecule has 0 spiro atoms. The number of aromatic nitrogens is 6. The quantitative estimate of drug-likeness (QED) is 0.311. The van der Waals surface area contributed by atoms with Crippen LogP contribution in [0.1, 0.15) is 22.8 Å². The molecule has 0 aliphatic rings. The van der Waals surface area contributed by atoms with Gasteiger partial charge in [-0.05, 0) is 31.9 Å². The predicted octanol–water partition coefficient (Wildman–Crippen LogP) is 3.17. The van der Waals surface area contributed by atoms with Crippen molar-refractivity contribution >= 4 is 42.4 Å². The lowest BCUT2D eigenvalue weighted by Gasteiger charge is -2.05. The standard InChI is InChI=1S/C19H20N8O2.2ClH/c1-12-9-15(29-27-12)11-21-19-20-8-7-16(24-19)23-17-10-14(25-26-17)6-5-13-3-2-4-18(28)22-13;;/h2-4,7-10H,5-6,11H2,1H3,(H,22,28)(H3,20,21,23,24,25,26);2*1H. The molecule has 10 nitrogen and oxygen atoms in total. The van der Waals surface area contributed by atoms with Gasteiger partial charge in [0, 0.05) is 35.8 Å². The van der Waals surface area contributed by atoms with Crippen LogP contribution in [-0.2, 0) is 19.4 Å². The third-order valence-electron chi connectivity index (χ3n) is 4.13. The molecule has 4 aromatic rings. The predicted molar refractivity (Wildman–Crippen MR) is 121 cm³/mol. The molecule has 0 radical (unpaired) electrons. The Bertz CT molecular complexity index is 1160. The number of aryl methyl sites for hydroxylation is 3. The Morgan fingerprint density at radius 1 is 1.06 bits per heavy atom. The van der Waals surface area contributed by atoms with Crippen LogP contribution < -0.4 is 16.2 Å². The minimum atomic E-state index is -0.0962. The Labute approximate surface area is 190 Å². The second-order valence-corrected chi connectivity index (χ2v) is 6.50. The first-order chi connectivity index (χ1) is 14.1. The summed E-state index contributed by atoms with van der Waals surface area (Å²) in [4.78, 5) is 22.8. The summed E-state index contributed by atoms with van der Waals surface area (Å²) in [6, 6.07) is 10.7. The summed E-state index contributed by atoms with van der Waals surface area (Å²) in [7, 11) is 0. The summed E-state index contributed by atoms with van der Waals surface area (Å²) in [5, 5.41) is 17.3. The van der Waals surface area contributed by atoms with E-state index in [1.54, 1.807) is 18.3 Å². The Kier molecular flexibility index (Phi) is 8.59. The molecule has 0 saturated heterocycles. The van der Waals surface area contributed by atoms with Gasteiger partial charge >= 0.3 is 0 Å². The minimum absolute atomic E-state index is 0. The zero-order valence-corrected chi connectivity index (χ0v) is 18.2. The Balaban J connectivity index is 0.00000171. The molecule has 4 N–H and O–H groups in total. The topological polar surface area (TPSA) is 137 Å². The van der Waals surface area contributed by atoms with Gasteiger partial charge in [-0.3, -0.25) is 9.89 Å². The van der Waals surface area contributed by atoms with Crippen LogP contribution in [0, 0.1) is 6.92 Å². The van der Waals surface area contributed by atoms with Crippen molar-refractivity contribution in [2.75, 3.05) is 10.6 Å². The van der Waals surface area contributed by atoms with E-state index < -0.39 is 0 Å². The molecule has 0 bridgehead atoms. The maximum Gasteiger partial charge on any atom is 0.248 e. The van der Waals surface area contributed by atoms with Crippen LogP contribution in [0.2, 0.25) is 0 Å². The van der Waals surface area contributed by atoms with E-state index in [-0.39, 0.29) is 30.4 Å². The third-order valence-corrected chi connectivity index (χ3v) is 4.13. The number of hydrogen-bond donors (Lipinski definition) is 4.